The quantitative estimate of drug-likeness (QED) is 0.860. The van der Waals surface area contributed by atoms with Crippen LogP contribution in [0.2, 0.25) is 0 Å². The van der Waals surface area contributed by atoms with E-state index in [-0.39, 0.29) is 0 Å². The third-order valence-corrected chi connectivity index (χ3v) is 3.94. The number of nitrogens with one attached hydrogen (secondary N) is 1. The molecule has 0 amide bonds. The molecule has 0 aromatic carbocycles. The molecule has 20 heavy (non-hydrogen) atoms. The van der Waals surface area contributed by atoms with Crippen molar-refractivity contribution in [2.75, 3.05) is 11.9 Å². The van der Waals surface area contributed by atoms with Crippen molar-refractivity contribution in [2.24, 2.45) is 11.3 Å². The summed E-state index contributed by atoms with van der Waals surface area (Å²) in [5.41, 5.74) is 1.43. The van der Waals surface area contributed by atoms with Gasteiger partial charge in [-0.3, -0.25) is 4.98 Å². The molecule has 0 radical (unpaired) electrons. The van der Waals surface area contributed by atoms with Gasteiger partial charge in [-0.2, -0.15) is 0 Å². The summed E-state index contributed by atoms with van der Waals surface area (Å²) in [5.74, 6) is 1.62. The van der Waals surface area contributed by atoms with Crippen LogP contribution in [0.15, 0.2) is 18.5 Å². The fraction of sp³-hybridized carbons (Fsp3) is 0.706. The van der Waals surface area contributed by atoms with E-state index < -0.39 is 0 Å². The number of anilines is 1. The van der Waals surface area contributed by atoms with Crippen molar-refractivity contribution in [3.05, 3.63) is 18.5 Å². The Morgan fingerprint density at radius 3 is 2.85 bits per heavy atom. The third-order valence-electron chi connectivity index (χ3n) is 3.94. The normalized spacial score (nSPS) is 25.2. The Morgan fingerprint density at radius 1 is 1.35 bits per heavy atom. The van der Waals surface area contributed by atoms with Gasteiger partial charge in [0.05, 0.1) is 24.2 Å². The van der Waals surface area contributed by atoms with Crippen molar-refractivity contribution in [1.29, 1.82) is 0 Å². The molecule has 3 nitrogen and oxygen atoms in total. The zero-order valence-corrected chi connectivity index (χ0v) is 13.3. The molecule has 1 aromatic rings. The highest BCUT2D eigenvalue weighted by Gasteiger charge is 2.33. The van der Waals surface area contributed by atoms with Gasteiger partial charge >= 0.3 is 0 Å². The van der Waals surface area contributed by atoms with Crippen molar-refractivity contribution in [1.82, 2.24) is 4.98 Å². The van der Waals surface area contributed by atoms with Crippen molar-refractivity contribution < 1.29 is 4.74 Å². The van der Waals surface area contributed by atoms with E-state index in [1.54, 1.807) is 0 Å². The van der Waals surface area contributed by atoms with Crippen molar-refractivity contribution in [3.8, 4) is 5.75 Å². The standard InChI is InChI=1S/C17H28N2O/c1-5-6-19-14-8-16(12-18-11-14)20-15-7-13(2)9-17(3,4)10-15/h8,11-13,15,19H,5-7,9-10H2,1-4H3. The molecule has 2 atom stereocenters. The summed E-state index contributed by atoms with van der Waals surface area (Å²) in [6.07, 6.45) is 8.68. The predicted octanol–water partition coefficient (Wildman–Crippen LogP) is 4.50. The zero-order valence-electron chi connectivity index (χ0n) is 13.3. The van der Waals surface area contributed by atoms with Crippen LogP contribution in [-0.4, -0.2) is 17.6 Å². The minimum Gasteiger partial charge on any atom is -0.489 e. The minimum atomic E-state index is 0.317. The summed E-state index contributed by atoms with van der Waals surface area (Å²) in [7, 11) is 0. The molecule has 0 bridgehead atoms. The Labute approximate surface area is 123 Å². The van der Waals surface area contributed by atoms with Crippen LogP contribution >= 0.6 is 0 Å². The molecule has 0 aliphatic heterocycles. The maximum Gasteiger partial charge on any atom is 0.140 e. The average molecular weight is 276 g/mol. The Balaban J connectivity index is 1.98. The fourth-order valence-electron chi connectivity index (χ4n) is 3.39. The van der Waals surface area contributed by atoms with E-state index in [1.807, 2.05) is 12.4 Å². The summed E-state index contributed by atoms with van der Waals surface area (Å²) in [6.45, 7) is 10.1. The number of ether oxygens (including phenoxy) is 1. The van der Waals surface area contributed by atoms with Gasteiger partial charge in [-0.15, -0.1) is 0 Å². The van der Waals surface area contributed by atoms with Gasteiger partial charge in [0.25, 0.3) is 0 Å². The van der Waals surface area contributed by atoms with E-state index in [1.165, 1.54) is 6.42 Å². The summed E-state index contributed by atoms with van der Waals surface area (Å²) in [5, 5.41) is 3.35. The van der Waals surface area contributed by atoms with Crippen LogP contribution in [-0.2, 0) is 0 Å². The van der Waals surface area contributed by atoms with Gasteiger partial charge in [0.1, 0.15) is 5.75 Å². The van der Waals surface area contributed by atoms with E-state index in [4.69, 9.17) is 4.74 Å². The van der Waals surface area contributed by atoms with Crippen LogP contribution < -0.4 is 10.1 Å². The minimum absolute atomic E-state index is 0.317. The molecular weight excluding hydrogens is 248 g/mol. The lowest BCUT2D eigenvalue weighted by Gasteiger charge is -2.38. The lowest BCUT2D eigenvalue weighted by atomic mass is 9.71. The van der Waals surface area contributed by atoms with Gasteiger partial charge in [0.2, 0.25) is 0 Å². The smallest absolute Gasteiger partial charge is 0.140 e. The van der Waals surface area contributed by atoms with Gasteiger partial charge in [-0.1, -0.05) is 27.7 Å². The molecule has 1 aromatic heterocycles. The number of pyridine rings is 1. The first kappa shape index (κ1) is 15.1. The van der Waals surface area contributed by atoms with E-state index in [9.17, 15) is 0 Å². The van der Waals surface area contributed by atoms with Crippen LogP contribution in [0, 0.1) is 11.3 Å². The number of rotatable bonds is 5. The molecule has 1 heterocycles. The fourth-order valence-corrected chi connectivity index (χ4v) is 3.39. The molecule has 1 saturated carbocycles. The maximum atomic E-state index is 6.18. The Kier molecular flexibility index (Phi) is 4.90. The maximum absolute atomic E-state index is 6.18. The molecule has 1 fully saturated rings. The van der Waals surface area contributed by atoms with Crippen molar-refractivity contribution in [2.45, 2.75) is 59.5 Å². The second-order valence-electron chi connectivity index (χ2n) is 6.99. The van der Waals surface area contributed by atoms with Crippen molar-refractivity contribution >= 4 is 5.69 Å². The van der Waals surface area contributed by atoms with Crippen LogP contribution in [0.3, 0.4) is 0 Å². The molecule has 1 aliphatic carbocycles. The predicted molar refractivity (Wildman–Crippen MR) is 84.2 cm³/mol. The van der Waals surface area contributed by atoms with Gasteiger partial charge in [0, 0.05) is 12.6 Å². The Morgan fingerprint density at radius 2 is 2.15 bits per heavy atom. The molecule has 0 spiro atoms. The molecule has 2 unspecified atom stereocenters. The highest BCUT2D eigenvalue weighted by Crippen LogP contribution is 2.40. The number of hydrogen-bond acceptors (Lipinski definition) is 3. The zero-order chi connectivity index (χ0) is 14.6. The number of aromatic nitrogens is 1. The monoisotopic (exact) mass is 276 g/mol. The highest BCUT2D eigenvalue weighted by atomic mass is 16.5. The topological polar surface area (TPSA) is 34.2 Å². The van der Waals surface area contributed by atoms with E-state index in [0.717, 1.165) is 43.2 Å². The van der Waals surface area contributed by atoms with Crippen LogP contribution in [0.1, 0.15) is 53.4 Å². The van der Waals surface area contributed by atoms with Gasteiger partial charge in [0.15, 0.2) is 0 Å². The summed E-state index contributed by atoms with van der Waals surface area (Å²) < 4.78 is 6.18. The molecule has 3 heteroatoms. The van der Waals surface area contributed by atoms with Crippen LogP contribution in [0.4, 0.5) is 5.69 Å². The number of nitrogens with zero attached hydrogens (tertiary/aromatic N) is 1. The van der Waals surface area contributed by atoms with Crippen molar-refractivity contribution in [3.63, 3.8) is 0 Å². The molecule has 2 rings (SSSR count). The Bertz CT molecular complexity index is 431. The lowest BCUT2D eigenvalue weighted by Crippen LogP contribution is -2.34. The van der Waals surface area contributed by atoms with Crippen LogP contribution in [0.25, 0.3) is 0 Å². The van der Waals surface area contributed by atoms with Crippen LogP contribution in [0.5, 0.6) is 5.75 Å². The Hall–Kier alpha value is -1.25. The highest BCUT2D eigenvalue weighted by molar-refractivity contribution is 5.45. The first-order valence-electron chi connectivity index (χ1n) is 7.84. The second-order valence-corrected chi connectivity index (χ2v) is 6.99. The van der Waals surface area contributed by atoms with Gasteiger partial charge in [-0.25, -0.2) is 0 Å². The van der Waals surface area contributed by atoms with E-state index in [2.05, 4.69) is 44.1 Å². The molecule has 1 N–H and O–H groups in total. The molecular formula is C17H28N2O. The molecule has 112 valence electrons. The van der Waals surface area contributed by atoms with Gasteiger partial charge in [-0.05, 0) is 37.0 Å². The first-order valence-corrected chi connectivity index (χ1v) is 7.84. The summed E-state index contributed by atoms with van der Waals surface area (Å²) in [4.78, 5) is 4.27. The van der Waals surface area contributed by atoms with E-state index >= 15 is 0 Å². The summed E-state index contributed by atoms with van der Waals surface area (Å²) in [6, 6.07) is 2.06. The second kappa shape index (κ2) is 6.47. The first-order chi connectivity index (χ1) is 9.48. The third kappa shape index (κ3) is 4.39. The number of hydrogen-bond donors (Lipinski definition) is 1. The van der Waals surface area contributed by atoms with Gasteiger partial charge < -0.3 is 10.1 Å². The lowest BCUT2D eigenvalue weighted by molar-refractivity contribution is 0.0560. The average Bonchev–Trinajstić information content (AvgIpc) is 2.34. The molecule has 1 aliphatic rings. The largest absolute Gasteiger partial charge is 0.489 e. The summed E-state index contributed by atoms with van der Waals surface area (Å²) >= 11 is 0. The molecule has 0 saturated heterocycles. The van der Waals surface area contributed by atoms with E-state index in [0.29, 0.717) is 11.5 Å². The SMILES string of the molecule is CCCNc1cncc(OC2CC(C)CC(C)(C)C2)c1.